The van der Waals surface area contributed by atoms with Gasteiger partial charge in [0, 0.05) is 22.9 Å². The number of nitrogens with one attached hydrogen (secondary N) is 2. The Morgan fingerprint density at radius 2 is 1.55 bits per heavy atom. The van der Waals surface area contributed by atoms with E-state index in [1.807, 2.05) is 55.9 Å². The molecule has 0 fully saturated rings. The summed E-state index contributed by atoms with van der Waals surface area (Å²) in [5.41, 5.74) is 3.42. The molecule has 3 rings (SSSR count). The maximum atomic E-state index is 5.67. The average molecular weight is 423 g/mol. The van der Waals surface area contributed by atoms with Crippen LogP contribution in [0.3, 0.4) is 0 Å². The molecule has 0 spiro atoms. The van der Waals surface area contributed by atoms with Crippen molar-refractivity contribution in [1.29, 1.82) is 0 Å². The van der Waals surface area contributed by atoms with Crippen molar-refractivity contribution in [2.45, 2.75) is 37.1 Å². The summed E-state index contributed by atoms with van der Waals surface area (Å²) in [6, 6.07) is 26.9. The quantitative estimate of drug-likeness (QED) is 0.331. The molecule has 3 nitrogen and oxygen atoms in total. The minimum Gasteiger partial charge on any atom is -0.491 e. The third-order valence-electron chi connectivity index (χ3n) is 4.11. The van der Waals surface area contributed by atoms with E-state index < -0.39 is 0 Å². The first-order valence-electron chi connectivity index (χ1n) is 9.66. The van der Waals surface area contributed by atoms with Crippen molar-refractivity contribution in [3.8, 4) is 5.75 Å². The molecule has 0 bridgehead atoms. The first-order valence-corrected chi connectivity index (χ1v) is 11.0. The molecule has 29 heavy (non-hydrogen) atoms. The van der Waals surface area contributed by atoms with Gasteiger partial charge in [0.15, 0.2) is 5.11 Å². The molecule has 2 N–H and O–H groups in total. The van der Waals surface area contributed by atoms with E-state index in [0.717, 1.165) is 22.8 Å². The fraction of sp³-hybridized carbons (Fsp3) is 0.208. The predicted octanol–water partition coefficient (Wildman–Crippen LogP) is 6.25. The molecule has 0 aromatic heterocycles. The molecule has 3 aromatic rings. The lowest BCUT2D eigenvalue weighted by atomic mass is 10.2. The second-order valence-electron chi connectivity index (χ2n) is 6.92. The van der Waals surface area contributed by atoms with Crippen molar-refractivity contribution in [2.75, 3.05) is 5.32 Å². The monoisotopic (exact) mass is 422 g/mol. The topological polar surface area (TPSA) is 33.3 Å². The third-order valence-corrected chi connectivity index (χ3v) is 5.44. The summed E-state index contributed by atoms with van der Waals surface area (Å²) in [6.45, 7) is 4.71. The lowest BCUT2D eigenvalue weighted by Crippen LogP contribution is -2.27. The highest BCUT2D eigenvalue weighted by Crippen LogP contribution is 2.23. The standard InChI is InChI=1S/C24H26N2OS2/c1-18(2)27-22-14-10-19(11-15-22)16-25-24(28)26-21-12-8-20(9-13-21)17-29-23-6-4-3-5-7-23/h3-15,18H,16-17H2,1-2H3,(H2,25,26,28). The molecule has 0 heterocycles. The van der Waals surface area contributed by atoms with Crippen molar-refractivity contribution in [3.05, 3.63) is 90.0 Å². The largest absolute Gasteiger partial charge is 0.491 e. The zero-order valence-electron chi connectivity index (χ0n) is 16.7. The Morgan fingerprint density at radius 1 is 0.897 bits per heavy atom. The van der Waals surface area contributed by atoms with E-state index in [1.165, 1.54) is 10.5 Å². The number of thioether (sulfide) groups is 1. The number of rotatable bonds is 8. The van der Waals surface area contributed by atoms with E-state index in [1.54, 1.807) is 0 Å². The van der Waals surface area contributed by atoms with E-state index in [4.69, 9.17) is 17.0 Å². The van der Waals surface area contributed by atoms with Crippen LogP contribution < -0.4 is 15.4 Å². The minimum absolute atomic E-state index is 0.180. The normalized spacial score (nSPS) is 10.6. The van der Waals surface area contributed by atoms with Crippen LogP contribution in [0.1, 0.15) is 25.0 Å². The van der Waals surface area contributed by atoms with Crippen molar-refractivity contribution >= 4 is 34.8 Å². The van der Waals surface area contributed by atoms with Crippen LogP contribution in [-0.2, 0) is 12.3 Å². The molecule has 0 aliphatic carbocycles. The van der Waals surface area contributed by atoms with Gasteiger partial charge in [0.05, 0.1) is 6.10 Å². The molecule has 0 saturated heterocycles. The Balaban J connectivity index is 1.43. The molecular formula is C24H26N2OS2. The number of ether oxygens (including phenoxy) is 1. The molecule has 0 saturated carbocycles. The highest BCUT2D eigenvalue weighted by molar-refractivity contribution is 7.98. The van der Waals surface area contributed by atoms with Gasteiger partial charge >= 0.3 is 0 Å². The van der Waals surface area contributed by atoms with Gasteiger partial charge in [-0.05, 0) is 73.6 Å². The SMILES string of the molecule is CC(C)Oc1ccc(CNC(=S)Nc2ccc(CSc3ccccc3)cc2)cc1. The van der Waals surface area contributed by atoms with E-state index in [9.17, 15) is 0 Å². The third kappa shape index (κ3) is 7.44. The molecule has 0 aliphatic rings. The van der Waals surface area contributed by atoms with Gasteiger partial charge in [-0.3, -0.25) is 0 Å². The smallest absolute Gasteiger partial charge is 0.171 e. The lowest BCUT2D eigenvalue weighted by Gasteiger charge is -2.12. The van der Waals surface area contributed by atoms with Crippen LogP contribution in [-0.4, -0.2) is 11.2 Å². The van der Waals surface area contributed by atoms with Crippen LogP contribution in [0, 0.1) is 0 Å². The van der Waals surface area contributed by atoms with Gasteiger partial charge in [-0.2, -0.15) is 0 Å². The number of thiocarbonyl (C=S) groups is 1. The second-order valence-corrected chi connectivity index (χ2v) is 8.37. The number of hydrogen-bond donors (Lipinski definition) is 2. The maximum Gasteiger partial charge on any atom is 0.171 e. The van der Waals surface area contributed by atoms with Gasteiger partial charge in [-0.1, -0.05) is 42.5 Å². The van der Waals surface area contributed by atoms with Crippen molar-refractivity contribution < 1.29 is 4.74 Å². The Hall–Kier alpha value is -2.50. The van der Waals surface area contributed by atoms with E-state index in [-0.39, 0.29) is 6.10 Å². The molecule has 3 aromatic carbocycles. The molecule has 0 radical (unpaired) electrons. The molecule has 0 amide bonds. The molecule has 0 aliphatic heterocycles. The minimum atomic E-state index is 0.180. The van der Waals surface area contributed by atoms with Crippen molar-refractivity contribution in [1.82, 2.24) is 5.32 Å². The molecule has 0 unspecified atom stereocenters. The van der Waals surface area contributed by atoms with Gasteiger partial charge in [0.25, 0.3) is 0 Å². The second kappa shape index (κ2) is 10.9. The first kappa shape index (κ1) is 21.2. The van der Waals surface area contributed by atoms with Gasteiger partial charge in [0.1, 0.15) is 5.75 Å². The summed E-state index contributed by atoms with van der Waals surface area (Å²) in [6.07, 6.45) is 0.180. The maximum absolute atomic E-state index is 5.67. The highest BCUT2D eigenvalue weighted by atomic mass is 32.2. The Kier molecular flexibility index (Phi) is 7.96. The Bertz CT molecular complexity index is 894. The molecular weight excluding hydrogens is 396 g/mol. The molecule has 150 valence electrons. The average Bonchev–Trinajstić information content (AvgIpc) is 2.73. The Labute approximate surface area is 182 Å². The predicted molar refractivity (Wildman–Crippen MR) is 128 cm³/mol. The van der Waals surface area contributed by atoms with E-state index in [0.29, 0.717) is 11.7 Å². The van der Waals surface area contributed by atoms with Crippen LogP contribution in [0.5, 0.6) is 5.75 Å². The first-order chi connectivity index (χ1) is 14.1. The van der Waals surface area contributed by atoms with E-state index in [2.05, 4.69) is 59.2 Å². The van der Waals surface area contributed by atoms with Gasteiger partial charge in [-0.25, -0.2) is 0 Å². The van der Waals surface area contributed by atoms with E-state index >= 15 is 0 Å². The number of anilines is 1. The van der Waals surface area contributed by atoms with Crippen LogP contribution in [0.4, 0.5) is 5.69 Å². The fourth-order valence-electron chi connectivity index (χ4n) is 2.68. The summed E-state index contributed by atoms with van der Waals surface area (Å²) < 4.78 is 5.67. The highest BCUT2D eigenvalue weighted by Gasteiger charge is 2.02. The number of hydrogen-bond acceptors (Lipinski definition) is 3. The zero-order valence-corrected chi connectivity index (χ0v) is 18.4. The summed E-state index contributed by atoms with van der Waals surface area (Å²) in [7, 11) is 0. The molecule has 5 heteroatoms. The number of benzene rings is 3. The van der Waals surface area contributed by atoms with Crippen LogP contribution >= 0.6 is 24.0 Å². The van der Waals surface area contributed by atoms with Crippen molar-refractivity contribution in [2.24, 2.45) is 0 Å². The summed E-state index contributed by atoms with van der Waals surface area (Å²) in [5.74, 6) is 1.83. The van der Waals surface area contributed by atoms with Gasteiger partial charge < -0.3 is 15.4 Å². The lowest BCUT2D eigenvalue weighted by molar-refractivity contribution is 0.242. The van der Waals surface area contributed by atoms with Gasteiger partial charge in [0.2, 0.25) is 0 Å². The van der Waals surface area contributed by atoms with Crippen LogP contribution in [0.25, 0.3) is 0 Å². The Morgan fingerprint density at radius 3 is 2.21 bits per heavy atom. The molecule has 0 atom stereocenters. The fourth-order valence-corrected chi connectivity index (χ4v) is 3.75. The summed E-state index contributed by atoms with van der Waals surface area (Å²) >= 11 is 7.25. The summed E-state index contributed by atoms with van der Waals surface area (Å²) in [4.78, 5) is 1.28. The van der Waals surface area contributed by atoms with Crippen LogP contribution in [0.2, 0.25) is 0 Å². The van der Waals surface area contributed by atoms with Crippen LogP contribution in [0.15, 0.2) is 83.8 Å². The van der Waals surface area contributed by atoms with Gasteiger partial charge in [-0.15, -0.1) is 11.8 Å². The summed E-state index contributed by atoms with van der Waals surface area (Å²) in [5, 5.41) is 7.09. The van der Waals surface area contributed by atoms with Crippen molar-refractivity contribution in [3.63, 3.8) is 0 Å². The zero-order chi connectivity index (χ0) is 20.5.